The van der Waals surface area contributed by atoms with Crippen molar-refractivity contribution in [3.63, 3.8) is 0 Å². The first-order valence-electron chi connectivity index (χ1n) is 6.18. The van der Waals surface area contributed by atoms with Crippen LogP contribution in [0.3, 0.4) is 0 Å². The van der Waals surface area contributed by atoms with Gasteiger partial charge in [-0.3, -0.25) is 4.79 Å². The number of nitrogens with one attached hydrogen (secondary N) is 1. The summed E-state index contributed by atoms with van der Waals surface area (Å²) in [5, 5.41) is 3.44. The molecule has 2 saturated heterocycles. The fourth-order valence-electron chi connectivity index (χ4n) is 2.90. The molecule has 15 heavy (non-hydrogen) atoms. The standard InChI is InChI=1S/C12H22N2O/c1-9(2)14-6-4-11-8-13-5-3-10(11)7-12(14)15/h9-11,13H,3-8H2,1-2H3. The van der Waals surface area contributed by atoms with Crippen molar-refractivity contribution in [3.8, 4) is 0 Å². The van der Waals surface area contributed by atoms with E-state index in [0.29, 0.717) is 17.9 Å². The second kappa shape index (κ2) is 4.52. The van der Waals surface area contributed by atoms with Crippen LogP contribution in [-0.2, 0) is 4.79 Å². The van der Waals surface area contributed by atoms with Gasteiger partial charge in [0.2, 0.25) is 5.91 Å². The van der Waals surface area contributed by atoms with E-state index in [1.54, 1.807) is 0 Å². The highest BCUT2D eigenvalue weighted by molar-refractivity contribution is 5.77. The number of nitrogens with zero attached hydrogens (tertiary/aromatic N) is 1. The molecule has 0 radical (unpaired) electrons. The van der Waals surface area contributed by atoms with Gasteiger partial charge in [0.1, 0.15) is 0 Å². The van der Waals surface area contributed by atoms with Gasteiger partial charge in [-0.15, -0.1) is 0 Å². The van der Waals surface area contributed by atoms with Gasteiger partial charge >= 0.3 is 0 Å². The highest BCUT2D eigenvalue weighted by atomic mass is 16.2. The Morgan fingerprint density at radius 3 is 2.87 bits per heavy atom. The SMILES string of the molecule is CC(C)N1CCC2CNCCC2CC1=O. The summed E-state index contributed by atoms with van der Waals surface area (Å²) >= 11 is 0. The van der Waals surface area contributed by atoms with E-state index in [-0.39, 0.29) is 0 Å². The van der Waals surface area contributed by atoms with E-state index >= 15 is 0 Å². The Bertz CT molecular complexity index is 240. The van der Waals surface area contributed by atoms with Crippen molar-refractivity contribution in [2.24, 2.45) is 11.8 Å². The molecule has 0 spiro atoms. The van der Waals surface area contributed by atoms with Crippen LogP contribution in [0.15, 0.2) is 0 Å². The molecule has 2 rings (SSSR count). The summed E-state index contributed by atoms with van der Waals surface area (Å²) in [6.45, 7) is 7.40. The van der Waals surface area contributed by atoms with Crippen molar-refractivity contribution < 1.29 is 4.79 Å². The van der Waals surface area contributed by atoms with E-state index in [9.17, 15) is 4.79 Å². The molecule has 2 unspecified atom stereocenters. The molecule has 86 valence electrons. The molecule has 0 bridgehead atoms. The molecular formula is C12H22N2O. The lowest BCUT2D eigenvalue weighted by Crippen LogP contribution is -2.37. The molecule has 3 heteroatoms. The Morgan fingerprint density at radius 2 is 2.13 bits per heavy atom. The first kappa shape index (κ1) is 10.9. The summed E-state index contributed by atoms with van der Waals surface area (Å²) in [6, 6.07) is 0.366. The summed E-state index contributed by atoms with van der Waals surface area (Å²) in [5.41, 5.74) is 0. The molecule has 0 aromatic rings. The largest absolute Gasteiger partial charge is 0.340 e. The van der Waals surface area contributed by atoms with E-state index in [0.717, 1.165) is 32.0 Å². The number of fused-ring (bicyclic) bond motifs is 1. The zero-order valence-corrected chi connectivity index (χ0v) is 9.83. The van der Waals surface area contributed by atoms with Crippen molar-refractivity contribution in [1.82, 2.24) is 10.2 Å². The van der Waals surface area contributed by atoms with Gasteiger partial charge in [-0.1, -0.05) is 0 Å². The monoisotopic (exact) mass is 210 g/mol. The third-order valence-electron chi connectivity index (χ3n) is 3.89. The molecule has 0 saturated carbocycles. The smallest absolute Gasteiger partial charge is 0.223 e. The third-order valence-corrected chi connectivity index (χ3v) is 3.89. The molecule has 2 aliphatic rings. The third kappa shape index (κ3) is 2.33. The second-order valence-corrected chi connectivity index (χ2v) is 5.19. The Hall–Kier alpha value is -0.570. The Morgan fingerprint density at radius 1 is 1.33 bits per heavy atom. The number of likely N-dealkylation sites (tertiary alicyclic amines) is 1. The van der Waals surface area contributed by atoms with Gasteiger partial charge in [-0.2, -0.15) is 0 Å². The lowest BCUT2D eigenvalue weighted by atomic mass is 9.83. The average molecular weight is 210 g/mol. The molecule has 2 heterocycles. The number of carbonyl (C=O) groups excluding carboxylic acids is 1. The van der Waals surface area contributed by atoms with Gasteiger partial charge in [-0.05, 0) is 51.6 Å². The molecular weight excluding hydrogens is 188 g/mol. The Labute approximate surface area is 92.2 Å². The van der Waals surface area contributed by atoms with Crippen LogP contribution in [0, 0.1) is 11.8 Å². The molecule has 1 amide bonds. The predicted octanol–water partition coefficient (Wildman–Crippen LogP) is 1.24. The van der Waals surface area contributed by atoms with Gasteiger partial charge in [0.05, 0.1) is 0 Å². The minimum Gasteiger partial charge on any atom is -0.340 e. The molecule has 2 fully saturated rings. The molecule has 0 aromatic heterocycles. The van der Waals surface area contributed by atoms with Crippen LogP contribution in [0.2, 0.25) is 0 Å². The minimum atomic E-state index is 0.366. The normalized spacial score (nSPS) is 32.7. The number of carbonyl (C=O) groups is 1. The lowest BCUT2D eigenvalue weighted by molar-refractivity contribution is -0.133. The zero-order valence-electron chi connectivity index (χ0n) is 9.83. The Balaban J connectivity index is 2.04. The van der Waals surface area contributed by atoms with Crippen LogP contribution in [-0.4, -0.2) is 36.5 Å². The summed E-state index contributed by atoms with van der Waals surface area (Å²) in [4.78, 5) is 14.1. The van der Waals surface area contributed by atoms with Crippen molar-refractivity contribution in [2.45, 2.75) is 39.2 Å². The van der Waals surface area contributed by atoms with Crippen LogP contribution < -0.4 is 5.32 Å². The summed E-state index contributed by atoms with van der Waals surface area (Å²) in [5.74, 6) is 1.74. The van der Waals surface area contributed by atoms with Gasteiger partial charge < -0.3 is 10.2 Å². The highest BCUT2D eigenvalue weighted by Crippen LogP contribution is 2.29. The number of rotatable bonds is 1. The van der Waals surface area contributed by atoms with E-state index in [2.05, 4.69) is 24.1 Å². The fraction of sp³-hybridized carbons (Fsp3) is 0.917. The number of amides is 1. The fourth-order valence-corrected chi connectivity index (χ4v) is 2.90. The maximum atomic E-state index is 12.0. The highest BCUT2D eigenvalue weighted by Gasteiger charge is 2.32. The quantitative estimate of drug-likeness (QED) is 0.706. The van der Waals surface area contributed by atoms with Gasteiger partial charge in [-0.25, -0.2) is 0 Å². The number of piperidine rings is 1. The van der Waals surface area contributed by atoms with Crippen LogP contribution in [0.1, 0.15) is 33.1 Å². The number of hydrogen-bond acceptors (Lipinski definition) is 2. The lowest BCUT2D eigenvalue weighted by Gasteiger charge is -2.29. The summed E-state index contributed by atoms with van der Waals surface area (Å²) in [7, 11) is 0. The van der Waals surface area contributed by atoms with E-state index in [4.69, 9.17) is 0 Å². The van der Waals surface area contributed by atoms with Crippen LogP contribution >= 0.6 is 0 Å². The topological polar surface area (TPSA) is 32.3 Å². The zero-order chi connectivity index (χ0) is 10.8. The average Bonchev–Trinajstić information content (AvgIpc) is 2.35. The first-order chi connectivity index (χ1) is 7.18. The van der Waals surface area contributed by atoms with Crippen LogP contribution in [0.4, 0.5) is 0 Å². The second-order valence-electron chi connectivity index (χ2n) is 5.19. The minimum absolute atomic E-state index is 0.366. The van der Waals surface area contributed by atoms with Crippen molar-refractivity contribution >= 4 is 5.91 Å². The van der Waals surface area contributed by atoms with Gasteiger partial charge in [0.25, 0.3) is 0 Å². The Kier molecular flexibility index (Phi) is 3.29. The summed E-state index contributed by atoms with van der Waals surface area (Å²) in [6.07, 6.45) is 3.15. The van der Waals surface area contributed by atoms with Crippen LogP contribution in [0.25, 0.3) is 0 Å². The van der Waals surface area contributed by atoms with Gasteiger partial charge in [0, 0.05) is 19.0 Å². The molecule has 3 nitrogen and oxygen atoms in total. The summed E-state index contributed by atoms with van der Waals surface area (Å²) < 4.78 is 0. The van der Waals surface area contributed by atoms with E-state index in [1.807, 2.05) is 0 Å². The maximum absolute atomic E-state index is 12.0. The van der Waals surface area contributed by atoms with Gasteiger partial charge in [0.15, 0.2) is 0 Å². The first-order valence-corrected chi connectivity index (χ1v) is 6.18. The molecule has 2 atom stereocenters. The van der Waals surface area contributed by atoms with Crippen LogP contribution in [0.5, 0.6) is 0 Å². The van der Waals surface area contributed by atoms with E-state index < -0.39 is 0 Å². The molecule has 0 aromatic carbocycles. The molecule has 0 aliphatic carbocycles. The van der Waals surface area contributed by atoms with Crippen molar-refractivity contribution in [1.29, 1.82) is 0 Å². The van der Waals surface area contributed by atoms with Crippen molar-refractivity contribution in [2.75, 3.05) is 19.6 Å². The maximum Gasteiger partial charge on any atom is 0.223 e. The molecule has 2 aliphatic heterocycles. The van der Waals surface area contributed by atoms with Crippen molar-refractivity contribution in [3.05, 3.63) is 0 Å². The molecule has 1 N–H and O–H groups in total. The predicted molar refractivity (Wildman–Crippen MR) is 60.5 cm³/mol. The van der Waals surface area contributed by atoms with E-state index in [1.165, 1.54) is 12.8 Å². The number of hydrogen-bond donors (Lipinski definition) is 1.